The highest BCUT2D eigenvalue weighted by molar-refractivity contribution is 5.75. The molecule has 2 aromatic rings. The van der Waals surface area contributed by atoms with Gasteiger partial charge >= 0.3 is 18.3 Å². The predicted molar refractivity (Wildman–Crippen MR) is 131 cm³/mol. The van der Waals surface area contributed by atoms with Crippen LogP contribution in [-0.4, -0.2) is 41.5 Å². The van der Waals surface area contributed by atoms with Gasteiger partial charge in [0.2, 0.25) is 0 Å². The second-order valence-corrected chi connectivity index (χ2v) is 8.65. The van der Waals surface area contributed by atoms with E-state index in [0.29, 0.717) is 0 Å². The first-order chi connectivity index (χ1) is 16.6. The van der Waals surface area contributed by atoms with Gasteiger partial charge in [0.05, 0.1) is 24.3 Å². The quantitative estimate of drug-likeness (QED) is 0.391. The smallest absolute Gasteiger partial charge is 0.429 e. The second-order valence-electron chi connectivity index (χ2n) is 8.65. The summed E-state index contributed by atoms with van der Waals surface area (Å²) in [5, 5.41) is 3.87. The summed E-state index contributed by atoms with van der Waals surface area (Å²) >= 11 is 0. The number of hydrogen-bond donors (Lipinski definition) is 2. The average molecular weight is 486 g/mol. The van der Waals surface area contributed by atoms with Gasteiger partial charge in [0.15, 0.2) is 0 Å². The van der Waals surface area contributed by atoms with E-state index < -0.39 is 42.6 Å². The molecule has 0 heterocycles. The van der Waals surface area contributed by atoms with Gasteiger partial charge in [-0.3, -0.25) is 0 Å². The Morgan fingerprint density at radius 3 is 2.03 bits per heavy atom. The van der Waals surface area contributed by atoms with Crippen LogP contribution in [0.25, 0.3) is 0 Å². The zero-order valence-electron chi connectivity index (χ0n) is 21.1. The fourth-order valence-corrected chi connectivity index (χ4v) is 3.35. The van der Waals surface area contributed by atoms with Crippen LogP contribution in [0.3, 0.4) is 0 Å². The van der Waals surface area contributed by atoms with Gasteiger partial charge in [0.1, 0.15) is 6.61 Å². The number of nitrogens with one attached hydrogen (secondary N) is 2. The molecule has 0 aliphatic rings. The van der Waals surface area contributed by atoms with Crippen molar-refractivity contribution in [3.05, 3.63) is 71.3 Å². The highest BCUT2D eigenvalue weighted by atomic mass is 16.6. The molecule has 0 aliphatic heterocycles. The van der Waals surface area contributed by atoms with Crippen LogP contribution >= 0.6 is 0 Å². The number of amides is 3. The topological polar surface area (TPSA) is 106 Å². The Morgan fingerprint density at radius 2 is 1.43 bits per heavy atom. The van der Waals surface area contributed by atoms with Crippen molar-refractivity contribution in [2.75, 3.05) is 0 Å². The third kappa shape index (κ3) is 8.84. The maximum Gasteiger partial charge on any atom is 0.429 e. The van der Waals surface area contributed by atoms with Crippen LogP contribution in [0.15, 0.2) is 54.6 Å². The van der Waals surface area contributed by atoms with Crippen molar-refractivity contribution >= 4 is 18.3 Å². The number of benzene rings is 2. The number of alkyl carbamates (subject to hydrolysis) is 1. The largest absolute Gasteiger partial charge is 0.446 e. The number of carbonyl (C=O) groups excluding carboxylic acids is 3. The van der Waals surface area contributed by atoms with E-state index in [2.05, 4.69) is 10.7 Å². The summed E-state index contributed by atoms with van der Waals surface area (Å²) in [6, 6.07) is 15.2. The Labute approximate surface area is 206 Å². The number of hydrogen-bond acceptors (Lipinski definition) is 6. The molecule has 190 valence electrons. The van der Waals surface area contributed by atoms with Crippen molar-refractivity contribution < 1.29 is 28.6 Å². The molecule has 3 amide bonds. The maximum absolute atomic E-state index is 12.9. The molecule has 9 heteroatoms. The van der Waals surface area contributed by atoms with E-state index >= 15 is 0 Å². The number of hydrazine groups is 1. The van der Waals surface area contributed by atoms with Crippen LogP contribution in [0.2, 0.25) is 0 Å². The van der Waals surface area contributed by atoms with Gasteiger partial charge in [-0.2, -0.15) is 0 Å². The van der Waals surface area contributed by atoms with E-state index in [9.17, 15) is 14.4 Å². The molecule has 2 atom stereocenters. The van der Waals surface area contributed by atoms with E-state index in [1.807, 2.05) is 61.5 Å². The lowest BCUT2D eigenvalue weighted by Gasteiger charge is -2.35. The molecule has 2 rings (SSSR count). The van der Waals surface area contributed by atoms with Gasteiger partial charge in [-0.05, 0) is 58.2 Å². The minimum Gasteiger partial charge on any atom is -0.446 e. The predicted octanol–water partition coefficient (Wildman–Crippen LogP) is 5.25. The Hall–Kier alpha value is -3.75. The lowest BCUT2D eigenvalue weighted by Crippen LogP contribution is -2.56. The van der Waals surface area contributed by atoms with Crippen LogP contribution < -0.4 is 10.7 Å². The molecular weight excluding hydrogens is 450 g/mol. The number of aryl methyl sites for hydroxylation is 1. The van der Waals surface area contributed by atoms with E-state index in [1.165, 1.54) is 0 Å². The summed E-state index contributed by atoms with van der Waals surface area (Å²) < 4.78 is 15.9. The van der Waals surface area contributed by atoms with Gasteiger partial charge in [-0.25, -0.2) is 24.8 Å². The van der Waals surface area contributed by atoms with Crippen molar-refractivity contribution in [1.82, 2.24) is 15.8 Å². The standard InChI is InChI=1S/C26H35N3O6/c1-17(2)34-25(31)28-29(26(32)35-18(3)4)20(6)23(22-15-11-10-12-19(22)5)27-24(30)33-16-21-13-8-7-9-14-21/h7-15,17-18,20,23H,16H2,1-6H3,(H,27,30)(H,28,31)/t20-,23+/m1/s1. The monoisotopic (exact) mass is 485 g/mol. The number of ether oxygens (including phenoxy) is 3. The fraction of sp³-hybridized carbons (Fsp3) is 0.423. The van der Waals surface area contributed by atoms with Crippen LogP contribution in [0.5, 0.6) is 0 Å². The van der Waals surface area contributed by atoms with Gasteiger partial charge in [0.25, 0.3) is 0 Å². The molecule has 0 fully saturated rings. The lowest BCUT2D eigenvalue weighted by molar-refractivity contribution is 0.0267. The van der Waals surface area contributed by atoms with Gasteiger partial charge < -0.3 is 19.5 Å². The summed E-state index contributed by atoms with van der Waals surface area (Å²) in [6.45, 7) is 10.4. The van der Waals surface area contributed by atoms with Crippen LogP contribution in [0, 0.1) is 6.92 Å². The van der Waals surface area contributed by atoms with Crippen molar-refractivity contribution in [3.8, 4) is 0 Å². The molecule has 0 bridgehead atoms. The molecule has 0 saturated heterocycles. The summed E-state index contributed by atoms with van der Waals surface area (Å²) in [7, 11) is 0. The summed E-state index contributed by atoms with van der Waals surface area (Å²) in [5.41, 5.74) is 4.93. The molecule has 2 aromatic carbocycles. The minimum absolute atomic E-state index is 0.0830. The highest BCUT2D eigenvalue weighted by Gasteiger charge is 2.34. The number of nitrogens with zero attached hydrogens (tertiary/aromatic N) is 1. The zero-order valence-corrected chi connectivity index (χ0v) is 21.1. The normalized spacial score (nSPS) is 12.5. The van der Waals surface area contributed by atoms with E-state index in [4.69, 9.17) is 14.2 Å². The van der Waals surface area contributed by atoms with E-state index in [1.54, 1.807) is 34.6 Å². The molecule has 0 saturated carbocycles. The molecule has 35 heavy (non-hydrogen) atoms. The minimum atomic E-state index is -0.817. The fourth-order valence-electron chi connectivity index (χ4n) is 3.35. The van der Waals surface area contributed by atoms with Crippen LogP contribution in [-0.2, 0) is 20.8 Å². The molecule has 0 aromatic heterocycles. The van der Waals surface area contributed by atoms with E-state index in [0.717, 1.165) is 21.7 Å². The third-order valence-corrected chi connectivity index (χ3v) is 4.99. The first-order valence-corrected chi connectivity index (χ1v) is 11.6. The number of carbonyl (C=O) groups is 3. The van der Waals surface area contributed by atoms with Crippen LogP contribution in [0.1, 0.15) is 57.4 Å². The molecular formula is C26H35N3O6. The average Bonchev–Trinajstić information content (AvgIpc) is 2.79. The first kappa shape index (κ1) is 27.5. The van der Waals surface area contributed by atoms with E-state index in [-0.39, 0.29) is 6.61 Å². The zero-order chi connectivity index (χ0) is 26.0. The molecule has 0 unspecified atom stereocenters. The van der Waals surface area contributed by atoms with Gasteiger partial charge in [-0.15, -0.1) is 0 Å². The van der Waals surface area contributed by atoms with Gasteiger partial charge in [-0.1, -0.05) is 54.6 Å². The Morgan fingerprint density at radius 1 is 0.829 bits per heavy atom. The van der Waals surface area contributed by atoms with Crippen molar-refractivity contribution in [2.45, 2.75) is 72.4 Å². The maximum atomic E-state index is 12.9. The molecule has 0 spiro atoms. The van der Waals surface area contributed by atoms with Crippen molar-refractivity contribution in [3.63, 3.8) is 0 Å². The number of rotatable bonds is 8. The molecule has 0 radical (unpaired) electrons. The van der Waals surface area contributed by atoms with Crippen molar-refractivity contribution in [2.24, 2.45) is 0 Å². The summed E-state index contributed by atoms with van der Waals surface area (Å²) in [6.07, 6.45) is -3.10. The van der Waals surface area contributed by atoms with Gasteiger partial charge in [0, 0.05) is 0 Å². The SMILES string of the molecule is Cc1ccccc1[C@@H](NC(=O)OCc1ccccc1)[C@@H](C)N(NC(=O)OC(C)C)C(=O)OC(C)C. The molecule has 2 N–H and O–H groups in total. The first-order valence-electron chi connectivity index (χ1n) is 11.6. The third-order valence-electron chi connectivity index (χ3n) is 4.99. The Bertz CT molecular complexity index is 980. The second kappa shape index (κ2) is 13.2. The molecule has 9 nitrogen and oxygen atoms in total. The summed E-state index contributed by atoms with van der Waals surface area (Å²) in [5.74, 6) is 0. The molecule has 0 aliphatic carbocycles. The Balaban J connectivity index is 2.31. The lowest BCUT2D eigenvalue weighted by atomic mass is 9.96. The summed E-state index contributed by atoms with van der Waals surface area (Å²) in [4.78, 5) is 38.1. The Kier molecular flexibility index (Phi) is 10.4. The highest BCUT2D eigenvalue weighted by Crippen LogP contribution is 2.25. The van der Waals surface area contributed by atoms with Crippen molar-refractivity contribution in [1.29, 1.82) is 0 Å². The van der Waals surface area contributed by atoms with Crippen LogP contribution in [0.4, 0.5) is 14.4 Å².